The first-order valence-electron chi connectivity index (χ1n) is 10.2. The number of benzene rings is 1. The number of aromatic nitrogens is 2. The summed E-state index contributed by atoms with van der Waals surface area (Å²) in [4.78, 5) is 23.2. The third kappa shape index (κ3) is 5.56. The number of amides is 1. The summed E-state index contributed by atoms with van der Waals surface area (Å²) in [5, 5.41) is 10.8. The van der Waals surface area contributed by atoms with Gasteiger partial charge in [0.2, 0.25) is 5.69 Å². The third-order valence-corrected chi connectivity index (χ3v) is 5.42. The second-order valence-corrected chi connectivity index (χ2v) is 7.78. The van der Waals surface area contributed by atoms with E-state index in [1.165, 1.54) is 0 Å². The van der Waals surface area contributed by atoms with Gasteiger partial charge in [0.05, 0.1) is 11.4 Å². The molecule has 0 radical (unpaired) electrons. The summed E-state index contributed by atoms with van der Waals surface area (Å²) in [5.74, 6) is -0.436. The first kappa shape index (κ1) is 23.5. The molecule has 1 aliphatic carbocycles. The maximum atomic E-state index is 12.4. The number of halogens is 2. The molecule has 1 aliphatic rings. The molecule has 32 heavy (non-hydrogen) atoms. The molecule has 0 spiro atoms. The number of carbonyl (C=O) groups is 1. The van der Waals surface area contributed by atoms with Gasteiger partial charge < -0.3 is 9.64 Å². The maximum Gasteiger partial charge on any atom is 0.260 e. The lowest BCUT2D eigenvalue weighted by Gasteiger charge is -2.19. The van der Waals surface area contributed by atoms with E-state index in [4.69, 9.17) is 27.9 Å². The van der Waals surface area contributed by atoms with E-state index in [-0.39, 0.29) is 30.0 Å². The van der Waals surface area contributed by atoms with E-state index in [9.17, 15) is 10.1 Å². The smallest absolute Gasteiger partial charge is 0.260 e. The molecule has 0 saturated carbocycles. The minimum Gasteiger partial charge on any atom is -0.465 e. The van der Waals surface area contributed by atoms with Crippen molar-refractivity contribution in [3.05, 3.63) is 76.1 Å². The van der Waals surface area contributed by atoms with Gasteiger partial charge in [-0.1, -0.05) is 53.6 Å². The molecule has 0 bridgehead atoms. The Bertz CT molecular complexity index is 1110. The van der Waals surface area contributed by atoms with Gasteiger partial charge in [-0.2, -0.15) is 5.26 Å². The molecule has 1 amide bonds. The molecule has 0 saturated heterocycles. The van der Waals surface area contributed by atoms with Crippen LogP contribution in [0.1, 0.15) is 31.2 Å². The van der Waals surface area contributed by atoms with Gasteiger partial charge in [0, 0.05) is 34.6 Å². The molecule has 1 heterocycles. The van der Waals surface area contributed by atoms with Gasteiger partial charge in [-0.05, 0) is 38.1 Å². The predicted molar refractivity (Wildman–Crippen MR) is 126 cm³/mol. The summed E-state index contributed by atoms with van der Waals surface area (Å²) in [6.07, 6.45) is 9.21. The molecule has 0 fully saturated rings. The quantitative estimate of drug-likeness (QED) is 0.554. The Balaban J connectivity index is 2.06. The fourth-order valence-electron chi connectivity index (χ4n) is 3.22. The van der Waals surface area contributed by atoms with Crippen molar-refractivity contribution in [3.8, 4) is 23.2 Å². The summed E-state index contributed by atoms with van der Waals surface area (Å²) in [6, 6.07) is 9.16. The second kappa shape index (κ2) is 10.9. The fraction of sp³-hybridized carbons (Fsp3) is 0.250. The SMILES string of the molecule is CCN(CC)C(=O)COc1nc(C2C=CC=C(Cl)C=C2)c(-c2ccc(Cl)cc2)nc1C#N. The summed E-state index contributed by atoms with van der Waals surface area (Å²) in [6.45, 7) is 4.70. The van der Waals surface area contributed by atoms with Crippen LogP contribution in [0.15, 0.2) is 59.7 Å². The van der Waals surface area contributed by atoms with Gasteiger partial charge in [-0.3, -0.25) is 4.79 Å². The number of hydrogen-bond donors (Lipinski definition) is 0. The Labute approximate surface area is 197 Å². The molecular formula is C24H22Cl2N4O2. The van der Waals surface area contributed by atoms with E-state index in [2.05, 4.69) is 9.97 Å². The van der Waals surface area contributed by atoms with Crippen molar-refractivity contribution in [3.63, 3.8) is 0 Å². The summed E-state index contributed by atoms with van der Waals surface area (Å²) in [7, 11) is 0. The standard InChI is InChI=1S/C24H22Cl2N4O2/c1-3-30(4-2)21(31)15-32-24-20(14-27)28-22(17-9-12-19(26)13-10-17)23(29-24)16-6-5-7-18(25)11-8-16/h5-13,16H,3-4,15H2,1-2H3. The van der Waals surface area contributed by atoms with Crippen LogP contribution in [0.4, 0.5) is 0 Å². The lowest BCUT2D eigenvalue weighted by atomic mass is 9.98. The third-order valence-electron chi connectivity index (χ3n) is 4.92. The Hall–Kier alpha value is -3.14. The Kier molecular flexibility index (Phi) is 8.04. The first-order valence-corrected chi connectivity index (χ1v) is 10.9. The minimum absolute atomic E-state index is 0.00351. The molecule has 1 unspecified atom stereocenters. The number of likely N-dealkylation sites (N-methyl/N-ethyl adjacent to an activating group) is 1. The molecule has 3 rings (SSSR count). The van der Waals surface area contributed by atoms with E-state index in [0.29, 0.717) is 34.5 Å². The number of nitriles is 1. The number of allylic oxidation sites excluding steroid dienone is 6. The minimum atomic E-state index is -0.269. The van der Waals surface area contributed by atoms with E-state index in [1.54, 1.807) is 29.2 Å². The van der Waals surface area contributed by atoms with Gasteiger partial charge in [0.1, 0.15) is 6.07 Å². The molecule has 1 aromatic carbocycles. The van der Waals surface area contributed by atoms with Gasteiger partial charge in [0.15, 0.2) is 6.61 Å². The number of rotatable bonds is 7. The second-order valence-electron chi connectivity index (χ2n) is 6.91. The number of hydrogen-bond acceptors (Lipinski definition) is 5. The topological polar surface area (TPSA) is 79.1 Å². The molecule has 0 aliphatic heterocycles. The molecule has 1 aromatic heterocycles. The van der Waals surface area contributed by atoms with Crippen molar-refractivity contribution in [2.24, 2.45) is 0 Å². The van der Waals surface area contributed by atoms with Crippen LogP contribution in [0.3, 0.4) is 0 Å². The zero-order valence-corrected chi connectivity index (χ0v) is 19.3. The highest BCUT2D eigenvalue weighted by molar-refractivity contribution is 6.31. The molecule has 2 aromatic rings. The molecule has 6 nitrogen and oxygen atoms in total. The van der Waals surface area contributed by atoms with Crippen molar-refractivity contribution < 1.29 is 9.53 Å². The summed E-state index contributed by atoms with van der Waals surface area (Å²) >= 11 is 12.2. The van der Waals surface area contributed by atoms with Crippen LogP contribution in [-0.2, 0) is 4.79 Å². The van der Waals surface area contributed by atoms with Crippen molar-refractivity contribution in [1.29, 1.82) is 5.26 Å². The Morgan fingerprint density at radius 2 is 1.88 bits per heavy atom. The average Bonchev–Trinajstić information content (AvgIpc) is 3.03. The van der Waals surface area contributed by atoms with Crippen LogP contribution < -0.4 is 4.74 Å². The first-order chi connectivity index (χ1) is 15.5. The van der Waals surface area contributed by atoms with E-state index < -0.39 is 0 Å². The lowest BCUT2D eigenvalue weighted by molar-refractivity contribution is -0.133. The zero-order chi connectivity index (χ0) is 23.1. The van der Waals surface area contributed by atoms with Gasteiger partial charge in [0.25, 0.3) is 11.8 Å². The average molecular weight is 469 g/mol. The van der Waals surface area contributed by atoms with Crippen LogP contribution in [-0.4, -0.2) is 40.5 Å². The van der Waals surface area contributed by atoms with E-state index in [1.807, 2.05) is 50.3 Å². The Morgan fingerprint density at radius 3 is 2.53 bits per heavy atom. The van der Waals surface area contributed by atoms with Crippen molar-refractivity contribution in [1.82, 2.24) is 14.9 Å². The molecule has 0 N–H and O–H groups in total. The van der Waals surface area contributed by atoms with Gasteiger partial charge in [-0.15, -0.1) is 0 Å². The number of ether oxygens (including phenoxy) is 1. The lowest BCUT2D eigenvalue weighted by Crippen LogP contribution is -2.34. The van der Waals surface area contributed by atoms with Crippen molar-refractivity contribution in [2.75, 3.05) is 19.7 Å². The highest BCUT2D eigenvalue weighted by Crippen LogP contribution is 2.33. The van der Waals surface area contributed by atoms with E-state index in [0.717, 1.165) is 5.56 Å². The Morgan fingerprint density at radius 1 is 1.16 bits per heavy atom. The molecular weight excluding hydrogens is 447 g/mol. The normalized spacial score (nSPS) is 15.0. The molecule has 1 atom stereocenters. The van der Waals surface area contributed by atoms with Gasteiger partial charge >= 0.3 is 0 Å². The maximum absolute atomic E-state index is 12.4. The van der Waals surface area contributed by atoms with Crippen LogP contribution in [0.25, 0.3) is 11.3 Å². The van der Waals surface area contributed by atoms with Crippen LogP contribution >= 0.6 is 23.2 Å². The fourth-order valence-corrected chi connectivity index (χ4v) is 3.49. The molecule has 8 heteroatoms. The number of carbonyl (C=O) groups excluding carboxylic acids is 1. The monoisotopic (exact) mass is 468 g/mol. The van der Waals surface area contributed by atoms with E-state index >= 15 is 0 Å². The van der Waals surface area contributed by atoms with Crippen LogP contribution in [0.5, 0.6) is 5.88 Å². The van der Waals surface area contributed by atoms with Crippen molar-refractivity contribution in [2.45, 2.75) is 19.8 Å². The van der Waals surface area contributed by atoms with Crippen LogP contribution in [0.2, 0.25) is 5.02 Å². The highest BCUT2D eigenvalue weighted by atomic mass is 35.5. The largest absolute Gasteiger partial charge is 0.465 e. The summed E-state index contributed by atoms with van der Waals surface area (Å²) < 4.78 is 5.67. The highest BCUT2D eigenvalue weighted by Gasteiger charge is 2.22. The number of nitrogens with zero attached hydrogens (tertiary/aromatic N) is 4. The summed E-state index contributed by atoms with van der Waals surface area (Å²) in [5.41, 5.74) is 1.86. The van der Waals surface area contributed by atoms with Gasteiger partial charge in [-0.25, -0.2) is 9.97 Å². The van der Waals surface area contributed by atoms with Crippen LogP contribution in [0, 0.1) is 11.3 Å². The predicted octanol–water partition coefficient (Wildman–Crippen LogP) is 5.25. The zero-order valence-electron chi connectivity index (χ0n) is 17.8. The molecule has 164 valence electrons. The van der Waals surface area contributed by atoms with Crippen molar-refractivity contribution >= 4 is 29.1 Å².